The van der Waals surface area contributed by atoms with Gasteiger partial charge in [0.25, 0.3) is 0 Å². The standard InChI is InChI=1S/C45H65N6S2/c1-46(2)42-24-18-40(19-25-42)22-28-44-16-8-10-31-49(44)33-13-12-30-48(5)35-38-52-53-39-37-51(6,7)36-15-14-34-50-32-11-9-17-45(50)29-23-41-20-26-43(27-21-41)47(3)4/h8-11,16-29,31-32H,12-15,30,33-39H2,1-7H3/q+3/p+1. The minimum absolute atomic E-state index is 1.05. The minimum Gasteiger partial charge on any atom is -0.378 e. The molecule has 4 rings (SSSR count). The minimum atomic E-state index is 1.05. The van der Waals surface area contributed by atoms with Crippen molar-refractivity contribution in [2.75, 3.05) is 96.8 Å². The zero-order chi connectivity index (χ0) is 37.9. The molecule has 6 nitrogen and oxygen atoms in total. The van der Waals surface area contributed by atoms with Crippen LogP contribution < -0.4 is 23.8 Å². The highest BCUT2D eigenvalue weighted by Crippen LogP contribution is 2.21. The summed E-state index contributed by atoms with van der Waals surface area (Å²) in [5.74, 6) is 2.43. The molecule has 0 fully saturated rings. The van der Waals surface area contributed by atoms with Crippen LogP contribution in [0.4, 0.5) is 11.4 Å². The number of unbranched alkanes of at least 4 members (excludes halogenated alkanes) is 2. The summed E-state index contributed by atoms with van der Waals surface area (Å²) >= 11 is 0. The van der Waals surface area contributed by atoms with Gasteiger partial charge in [-0.1, -0.05) is 45.9 Å². The van der Waals surface area contributed by atoms with Gasteiger partial charge >= 0.3 is 0 Å². The molecule has 4 aromatic rings. The molecule has 284 valence electrons. The quantitative estimate of drug-likeness (QED) is 0.0382. The fourth-order valence-corrected chi connectivity index (χ4v) is 8.62. The van der Waals surface area contributed by atoms with Crippen molar-refractivity contribution in [3.05, 3.63) is 120 Å². The molecule has 0 aliphatic rings. The number of anilines is 2. The van der Waals surface area contributed by atoms with Gasteiger partial charge in [0.15, 0.2) is 12.4 Å². The highest BCUT2D eigenvalue weighted by Gasteiger charge is 2.16. The molecule has 1 unspecified atom stereocenters. The first kappa shape index (κ1) is 42.2. The first-order valence-corrected chi connectivity index (χ1v) is 21.8. The fraction of sp³-hybridized carbons (Fsp3) is 0.422. The first-order valence-electron chi connectivity index (χ1n) is 19.4. The van der Waals surface area contributed by atoms with Crippen molar-refractivity contribution in [1.82, 2.24) is 0 Å². The van der Waals surface area contributed by atoms with Gasteiger partial charge in [0, 0.05) is 102 Å². The van der Waals surface area contributed by atoms with Crippen molar-refractivity contribution in [3.8, 4) is 0 Å². The molecule has 2 aromatic heterocycles. The summed E-state index contributed by atoms with van der Waals surface area (Å²) in [6.07, 6.45) is 18.2. The molecule has 8 heteroatoms. The lowest BCUT2D eigenvalue weighted by molar-refractivity contribution is -0.888. The normalized spacial score (nSPS) is 12.5. The number of quaternary nitrogens is 2. The summed E-state index contributed by atoms with van der Waals surface area (Å²) in [6, 6.07) is 30.4. The Kier molecular flexibility index (Phi) is 18.0. The highest BCUT2D eigenvalue weighted by molar-refractivity contribution is 8.76. The zero-order valence-electron chi connectivity index (χ0n) is 33.6. The van der Waals surface area contributed by atoms with Gasteiger partial charge in [-0.2, -0.15) is 9.13 Å². The van der Waals surface area contributed by atoms with E-state index < -0.39 is 0 Å². The van der Waals surface area contributed by atoms with E-state index in [0.29, 0.717) is 0 Å². The first-order chi connectivity index (χ1) is 25.6. The van der Waals surface area contributed by atoms with E-state index in [4.69, 9.17) is 0 Å². The SMILES string of the molecule is CN(C)c1ccc(/C=C/c2cccc[n+]2CCCC[NH+](C)CCSSCC[N+](C)(C)CCCC[n+]2ccccc2/C=C/c2ccc(N(C)C)cc2)cc1. The molecule has 53 heavy (non-hydrogen) atoms. The maximum absolute atomic E-state index is 2.39. The molecular weight excluding hydrogens is 689 g/mol. The number of rotatable bonds is 23. The second-order valence-electron chi connectivity index (χ2n) is 15.2. The van der Waals surface area contributed by atoms with Crippen LogP contribution in [0.2, 0.25) is 0 Å². The van der Waals surface area contributed by atoms with Crippen molar-refractivity contribution < 1.29 is 18.5 Å². The summed E-state index contributed by atoms with van der Waals surface area (Å²) in [5.41, 5.74) is 7.41. The number of nitrogens with zero attached hydrogens (tertiary/aromatic N) is 5. The van der Waals surface area contributed by atoms with Crippen molar-refractivity contribution in [2.45, 2.75) is 38.8 Å². The van der Waals surface area contributed by atoms with Gasteiger partial charge < -0.3 is 19.2 Å². The van der Waals surface area contributed by atoms with Gasteiger partial charge in [0.2, 0.25) is 11.4 Å². The largest absolute Gasteiger partial charge is 0.378 e. The van der Waals surface area contributed by atoms with Crippen LogP contribution >= 0.6 is 21.6 Å². The average Bonchev–Trinajstić information content (AvgIpc) is 3.16. The molecule has 0 aliphatic carbocycles. The maximum Gasteiger partial charge on any atom is 0.205 e. The lowest BCUT2D eigenvalue weighted by Crippen LogP contribution is -3.09. The molecule has 0 amide bonds. The zero-order valence-corrected chi connectivity index (χ0v) is 35.2. The Morgan fingerprint density at radius 3 is 1.57 bits per heavy atom. The molecule has 0 radical (unpaired) electrons. The van der Waals surface area contributed by atoms with Gasteiger partial charge in [-0.15, -0.1) is 0 Å². The molecule has 0 spiro atoms. The Morgan fingerprint density at radius 1 is 0.566 bits per heavy atom. The van der Waals surface area contributed by atoms with E-state index in [2.05, 4.69) is 211 Å². The Labute approximate surface area is 329 Å². The van der Waals surface area contributed by atoms with Crippen LogP contribution in [0.1, 0.15) is 48.2 Å². The van der Waals surface area contributed by atoms with Gasteiger partial charge in [-0.05, 0) is 59.7 Å². The summed E-state index contributed by atoms with van der Waals surface area (Å²) < 4.78 is 5.87. The van der Waals surface area contributed by atoms with Crippen LogP contribution in [0.25, 0.3) is 24.3 Å². The van der Waals surface area contributed by atoms with Crippen LogP contribution in [0.5, 0.6) is 0 Å². The number of nitrogens with one attached hydrogen (secondary N) is 1. The van der Waals surface area contributed by atoms with E-state index in [-0.39, 0.29) is 0 Å². The Hall–Kier alpha value is -3.56. The van der Waals surface area contributed by atoms with Crippen molar-refractivity contribution in [1.29, 1.82) is 0 Å². The van der Waals surface area contributed by atoms with Crippen molar-refractivity contribution in [2.24, 2.45) is 0 Å². The predicted molar refractivity (Wildman–Crippen MR) is 235 cm³/mol. The van der Waals surface area contributed by atoms with Gasteiger partial charge in [0.1, 0.15) is 13.1 Å². The van der Waals surface area contributed by atoms with E-state index in [1.807, 2.05) is 0 Å². The second kappa shape index (κ2) is 22.6. The van der Waals surface area contributed by atoms with Gasteiger partial charge in [-0.25, -0.2) is 0 Å². The molecule has 2 aromatic carbocycles. The van der Waals surface area contributed by atoms with Crippen molar-refractivity contribution >= 4 is 57.3 Å². The number of hydrogen-bond acceptors (Lipinski definition) is 4. The second-order valence-corrected chi connectivity index (χ2v) is 17.9. The number of aromatic nitrogens is 2. The molecule has 1 N–H and O–H groups in total. The van der Waals surface area contributed by atoms with Crippen LogP contribution in [0.3, 0.4) is 0 Å². The molecule has 2 heterocycles. The molecule has 0 aliphatic heterocycles. The Morgan fingerprint density at radius 2 is 1.06 bits per heavy atom. The predicted octanol–water partition coefficient (Wildman–Crippen LogP) is 6.97. The third-order valence-corrected chi connectivity index (χ3v) is 12.2. The summed E-state index contributed by atoms with van der Waals surface area (Å²) in [6.45, 7) is 7.01. The monoisotopic (exact) mass is 754 g/mol. The third-order valence-electron chi connectivity index (χ3n) is 9.80. The van der Waals surface area contributed by atoms with Crippen LogP contribution in [0.15, 0.2) is 97.3 Å². The van der Waals surface area contributed by atoms with Crippen LogP contribution in [-0.2, 0) is 13.1 Å². The van der Waals surface area contributed by atoms with Crippen molar-refractivity contribution in [3.63, 3.8) is 0 Å². The fourth-order valence-electron chi connectivity index (χ4n) is 6.21. The van der Waals surface area contributed by atoms with Gasteiger partial charge in [-0.3, -0.25) is 0 Å². The molecule has 0 bridgehead atoms. The van der Waals surface area contributed by atoms with Crippen LogP contribution in [0, 0.1) is 0 Å². The Bertz CT molecular complexity index is 1680. The summed E-state index contributed by atoms with van der Waals surface area (Å²) in [4.78, 5) is 5.91. The summed E-state index contributed by atoms with van der Waals surface area (Å²) in [5, 5.41) is 0. The molecule has 0 saturated carbocycles. The van der Waals surface area contributed by atoms with Crippen LogP contribution in [-0.4, -0.2) is 91.5 Å². The van der Waals surface area contributed by atoms with E-state index in [1.54, 1.807) is 4.90 Å². The smallest absolute Gasteiger partial charge is 0.205 e. The molecule has 0 saturated heterocycles. The number of benzene rings is 2. The van der Waals surface area contributed by atoms with E-state index in [9.17, 15) is 0 Å². The van der Waals surface area contributed by atoms with E-state index in [1.165, 1.54) is 97.3 Å². The number of pyridine rings is 2. The number of aryl methyl sites for hydroxylation is 2. The Balaban J connectivity index is 1.05. The lowest BCUT2D eigenvalue weighted by Gasteiger charge is -2.29. The average molecular weight is 755 g/mol. The molecule has 1 atom stereocenters. The molecular formula is C45H66N6S2+4. The van der Waals surface area contributed by atoms with E-state index in [0.717, 1.165) is 17.6 Å². The van der Waals surface area contributed by atoms with Gasteiger partial charge in [0.05, 0.1) is 58.8 Å². The summed E-state index contributed by atoms with van der Waals surface area (Å²) in [7, 11) is 19.6. The third kappa shape index (κ3) is 15.8. The topological polar surface area (TPSA) is 18.7 Å². The highest BCUT2D eigenvalue weighted by atomic mass is 33.1. The number of hydrogen-bond donors (Lipinski definition) is 1. The maximum atomic E-state index is 2.39. The van der Waals surface area contributed by atoms with E-state index >= 15 is 0 Å². The lowest BCUT2D eigenvalue weighted by atomic mass is 10.1.